The predicted molar refractivity (Wildman–Crippen MR) is 130 cm³/mol. The number of halogens is 1. The van der Waals surface area contributed by atoms with Crippen LogP contribution in [0.3, 0.4) is 0 Å². The lowest BCUT2D eigenvalue weighted by atomic mass is 9.98. The summed E-state index contributed by atoms with van der Waals surface area (Å²) >= 11 is 0. The first-order valence-corrected chi connectivity index (χ1v) is 12.4. The highest BCUT2D eigenvalue weighted by Crippen LogP contribution is 2.41. The third-order valence-electron chi connectivity index (χ3n) is 6.98. The normalized spacial score (nSPS) is 22.4. The third-order valence-corrected chi connectivity index (χ3v) is 6.98. The molecule has 6 rings (SSSR count). The molecule has 0 aliphatic carbocycles. The van der Waals surface area contributed by atoms with Gasteiger partial charge in [-0.15, -0.1) is 5.10 Å². The fourth-order valence-electron chi connectivity index (χ4n) is 5.51. The van der Waals surface area contributed by atoms with Gasteiger partial charge in [0.1, 0.15) is 18.3 Å². The van der Waals surface area contributed by atoms with Gasteiger partial charge in [0.2, 0.25) is 17.7 Å². The summed E-state index contributed by atoms with van der Waals surface area (Å²) in [7, 11) is 0. The van der Waals surface area contributed by atoms with Gasteiger partial charge in [-0.3, -0.25) is 0 Å². The van der Waals surface area contributed by atoms with Crippen molar-refractivity contribution in [3.63, 3.8) is 0 Å². The number of amides is 1. The molecule has 3 atom stereocenters. The summed E-state index contributed by atoms with van der Waals surface area (Å²) in [6.45, 7) is 6.04. The first-order chi connectivity index (χ1) is 17.2. The minimum absolute atomic E-state index is 0.0142. The smallest absolute Gasteiger partial charge is 0.410 e. The summed E-state index contributed by atoms with van der Waals surface area (Å²) in [5.41, 5.74) is 3.16. The Bertz CT molecular complexity index is 1300. The van der Waals surface area contributed by atoms with E-state index in [0.717, 1.165) is 48.1 Å². The molecule has 3 aliphatic heterocycles. The van der Waals surface area contributed by atoms with Gasteiger partial charge >= 0.3 is 6.09 Å². The van der Waals surface area contributed by atoms with Crippen molar-refractivity contribution in [3.8, 4) is 28.6 Å². The highest BCUT2D eigenvalue weighted by Gasteiger charge is 2.45. The molecule has 0 radical (unpaired) electrons. The summed E-state index contributed by atoms with van der Waals surface area (Å²) in [5.74, 6) is 0.539. The van der Waals surface area contributed by atoms with Gasteiger partial charge in [0.25, 0.3) is 0 Å². The maximum atomic E-state index is 13.3. The van der Waals surface area contributed by atoms with Gasteiger partial charge in [-0.1, -0.05) is 6.07 Å². The number of hydrogen-bond donors (Lipinski definition) is 0. The first-order valence-electron chi connectivity index (χ1n) is 12.4. The second-order valence-electron chi connectivity index (χ2n) is 10.7. The lowest BCUT2D eigenvalue weighted by Crippen LogP contribution is -2.50. The van der Waals surface area contributed by atoms with Crippen LogP contribution in [-0.4, -0.2) is 49.5 Å². The Balaban J connectivity index is 1.16. The van der Waals surface area contributed by atoms with Crippen LogP contribution in [0.15, 0.2) is 42.6 Å². The van der Waals surface area contributed by atoms with Crippen LogP contribution < -0.4 is 9.47 Å². The number of hydrogen-bond acceptors (Lipinski definition) is 6. The van der Waals surface area contributed by atoms with Crippen molar-refractivity contribution < 1.29 is 23.4 Å². The van der Waals surface area contributed by atoms with Gasteiger partial charge in [0.05, 0.1) is 5.69 Å². The molecule has 3 aromatic rings. The van der Waals surface area contributed by atoms with E-state index in [1.807, 2.05) is 56.0 Å². The minimum atomic E-state index is -0.519. The molecule has 2 bridgehead atoms. The van der Waals surface area contributed by atoms with Crippen molar-refractivity contribution >= 4 is 6.09 Å². The van der Waals surface area contributed by atoms with Crippen LogP contribution >= 0.6 is 0 Å². The lowest BCUT2D eigenvalue weighted by Gasteiger charge is -2.39. The van der Waals surface area contributed by atoms with Gasteiger partial charge in [-0.05, 0) is 62.9 Å². The van der Waals surface area contributed by atoms with Crippen LogP contribution in [-0.2, 0) is 11.3 Å². The van der Waals surface area contributed by atoms with Crippen molar-refractivity contribution in [2.24, 2.45) is 0 Å². The maximum Gasteiger partial charge on any atom is 0.410 e. The van der Waals surface area contributed by atoms with E-state index in [0.29, 0.717) is 18.4 Å². The first kappa shape index (κ1) is 22.8. The van der Waals surface area contributed by atoms with Gasteiger partial charge in [0.15, 0.2) is 0 Å². The van der Waals surface area contributed by atoms with Gasteiger partial charge in [0, 0.05) is 48.8 Å². The van der Waals surface area contributed by atoms with Crippen LogP contribution in [0.25, 0.3) is 16.8 Å². The van der Waals surface area contributed by atoms with Crippen molar-refractivity contribution in [3.05, 3.63) is 54.1 Å². The molecule has 1 aromatic carbocycles. The second kappa shape index (κ2) is 8.50. The Morgan fingerprint density at radius 3 is 2.53 bits per heavy atom. The quantitative estimate of drug-likeness (QED) is 0.495. The van der Waals surface area contributed by atoms with E-state index in [2.05, 4.69) is 10.1 Å². The number of fused-ring (bicyclic) bond motifs is 5. The number of carbonyl (C=O) groups is 1. The molecule has 0 N–H and O–H groups in total. The molecule has 2 saturated heterocycles. The summed E-state index contributed by atoms with van der Waals surface area (Å²) < 4.78 is 32.7. The Labute approximate surface area is 209 Å². The molecule has 9 heteroatoms. The Morgan fingerprint density at radius 1 is 1.08 bits per heavy atom. The largest absolute Gasteiger partial charge is 0.474 e. The van der Waals surface area contributed by atoms with Gasteiger partial charge in [-0.25, -0.2) is 9.48 Å². The number of rotatable bonds is 3. The predicted octanol–water partition coefficient (Wildman–Crippen LogP) is 5.28. The molecule has 3 aliphatic rings. The van der Waals surface area contributed by atoms with E-state index < -0.39 is 11.5 Å². The average molecular weight is 493 g/mol. The van der Waals surface area contributed by atoms with Crippen LogP contribution in [0.5, 0.6) is 11.8 Å². The highest BCUT2D eigenvalue weighted by atomic mass is 19.1. The van der Waals surface area contributed by atoms with E-state index in [4.69, 9.17) is 14.2 Å². The molecule has 0 spiro atoms. The third kappa shape index (κ3) is 4.27. The Kier molecular flexibility index (Phi) is 5.39. The maximum absolute atomic E-state index is 13.3. The molecule has 8 nitrogen and oxygen atoms in total. The zero-order valence-corrected chi connectivity index (χ0v) is 20.6. The van der Waals surface area contributed by atoms with Gasteiger partial charge in [-0.2, -0.15) is 9.37 Å². The fraction of sp³-hybridized carbons (Fsp3) is 0.444. The number of aromatic nitrogens is 3. The van der Waals surface area contributed by atoms with Crippen LogP contribution in [0, 0.1) is 5.95 Å². The molecule has 5 heterocycles. The summed E-state index contributed by atoms with van der Waals surface area (Å²) in [4.78, 5) is 19.3. The van der Waals surface area contributed by atoms with Crippen molar-refractivity contribution in [1.82, 2.24) is 19.7 Å². The van der Waals surface area contributed by atoms with Crippen LogP contribution in [0.1, 0.15) is 52.0 Å². The average Bonchev–Trinajstić information content (AvgIpc) is 3.38. The summed E-state index contributed by atoms with van der Waals surface area (Å²) in [6.07, 6.45) is 4.80. The van der Waals surface area contributed by atoms with E-state index in [9.17, 15) is 9.18 Å². The second-order valence-corrected chi connectivity index (χ2v) is 10.7. The zero-order chi connectivity index (χ0) is 25.0. The van der Waals surface area contributed by atoms with E-state index in [1.54, 1.807) is 6.20 Å². The molecule has 188 valence electrons. The molecular formula is C27H29FN4O4. The molecule has 1 unspecified atom stereocenters. The molecule has 36 heavy (non-hydrogen) atoms. The molecule has 2 fully saturated rings. The van der Waals surface area contributed by atoms with Gasteiger partial charge < -0.3 is 19.1 Å². The molecule has 1 amide bonds. The molecule has 2 aromatic heterocycles. The number of ether oxygens (including phenoxy) is 3. The standard InChI is InChI=1S/C27H29FN4O4/c1-27(2,3)36-26(33)32-18-4-5-19(32)14-20(13-18)35-24-9-8-22-21-7-6-17(31-11-10-23(28)30-31)12-16(21)15-34-25(22)29-24/h6-12,18-20H,4-5,13-15H2,1-3H3/t18-,19+,20?. The van der Waals surface area contributed by atoms with Crippen molar-refractivity contribution in [2.75, 3.05) is 0 Å². The molecular weight excluding hydrogens is 463 g/mol. The minimum Gasteiger partial charge on any atom is -0.474 e. The Morgan fingerprint density at radius 2 is 1.83 bits per heavy atom. The van der Waals surface area contributed by atoms with Crippen molar-refractivity contribution in [1.29, 1.82) is 0 Å². The number of nitrogens with zero attached hydrogens (tertiary/aromatic N) is 4. The van der Waals surface area contributed by atoms with Crippen LogP contribution in [0.2, 0.25) is 0 Å². The van der Waals surface area contributed by atoms with Crippen LogP contribution in [0.4, 0.5) is 9.18 Å². The number of piperidine rings is 1. The van der Waals surface area contributed by atoms with Crippen molar-refractivity contribution in [2.45, 2.75) is 76.9 Å². The lowest BCUT2D eigenvalue weighted by molar-refractivity contribution is -0.00765. The monoisotopic (exact) mass is 492 g/mol. The Hall–Kier alpha value is -3.62. The summed E-state index contributed by atoms with van der Waals surface area (Å²) in [6, 6.07) is 11.2. The number of pyridine rings is 1. The highest BCUT2D eigenvalue weighted by molar-refractivity contribution is 5.75. The molecule has 0 saturated carbocycles. The van der Waals surface area contributed by atoms with E-state index in [-0.39, 0.29) is 24.3 Å². The SMILES string of the molecule is CC(C)(C)OC(=O)N1[C@@H]2CC[C@H]1CC(Oc1ccc3c(n1)OCc1cc(-n4ccc(F)n4)ccc1-3)C2. The zero-order valence-electron chi connectivity index (χ0n) is 20.6. The van der Waals surface area contributed by atoms with E-state index >= 15 is 0 Å². The summed E-state index contributed by atoms with van der Waals surface area (Å²) in [5, 5.41) is 3.84. The number of benzene rings is 1. The topological polar surface area (TPSA) is 78.7 Å². The number of carbonyl (C=O) groups excluding carboxylic acids is 1. The fourth-order valence-corrected chi connectivity index (χ4v) is 5.51. The van der Waals surface area contributed by atoms with E-state index in [1.165, 1.54) is 10.7 Å².